The van der Waals surface area contributed by atoms with Crippen molar-refractivity contribution in [3.8, 4) is 0 Å². The number of hydrogen-bond donors (Lipinski definition) is 1. The summed E-state index contributed by atoms with van der Waals surface area (Å²) in [6, 6.07) is 3.15. The minimum atomic E-state index is -0.0645. The zero-order chi connectivity index (χ0) is 15.2. The van der Waals surface area contributed by atoms with E-state index in [0.29, 0.717) is 15.7 Å². The van der Waals surface area contributed by atoms with Crippen LogP contribution in [0.4, 0.5) is 0 Å². The first-order valence-electron chi connectivity index (χ1n) is 8.59. The van der Waals surface area contributed by atoms with Gasteiger partial charge in [-0.2, -0.15) is 4.73 Å². The predicted octanol–water partition coefficient (Wildman–Crippen LogP) is 3.08. The summed E-state index contributed by atoms with van der Waals surface area (Å²) in [5.41, 5.74) is 1.08. The number of aromatic nitrogens is 1. The number of carbonyl (C=O) groups excluding carboxylic acids is 1. The number of rotatable bonds is 4. The summed E-state index contributed by atoms with van der Waals surface area (Å²) in [7, 11) is 0. The topological polar surface area (TPSA) is 56.0 Å². The van der Waals surface area contributed by atoms with Crippen molar-refractivity contribution in [1.29, 1.82) is 0 Å². The van der Waals surface area contributed by atoms with E-state index in [0.717, 1.165) is 30.7 Å². The smallest absolute Gasteiger partial charge is 0.251 e. The van der Waals surface area contributed by atoms with Crippen LogP contribution >= 0.6 is 12.4 Å². The molecule has 0 aromatic carbocycles. The highest BCUT2D eigenvalue weighted by Crippen LogP contribution is 2.61. The summed E-state index contributed by atoms with van der Waals surface area (Å²) in [5, 5.41) is 14.0. The second kappa shape index (κ2) is 6.31. The van der Waals surface area contributed by atoms with Gasteiger partial charge >= 0.3 is 0 Å². The molecule has 1 N–H and O–H groups in total. The highest BCUT2D eigenvalue weighted by molar-refractivity contribution is 5.93. The average Bonchev–Trinajstić information content (AvgIpc) is 2.46. The highest BCUT2D eigenvalue weighted by atomic mass is 35.5. The van der Waals surface area contributed by atoms with Crippen molar-refractivity contribution in [2.24, 2.45) is 23.2 Å². The Balaban J connectivity index is 0.00000156. The third-order valence-corrected chi connectivity index (χ3v) is 6.17. The Morgan fingerprint density at radius 1 is 1.13 bits per heavy atom. The lowest BCUT2D eigenvalue weighted by atomic mass is 9.49. The normalized spacial score (nSPS) is 34.0. The second-order valence-electron chi connectivity index (χ2n) is 7.87. The summed E-state index contributed by atoms with van der Waals surface area (Å²) in [6.07, 6.45) is 12.4. The minimum absolute atomic E-state index is 0. The molecule has 1 amide bonds. The Bertz CT molecular complexity index is 538. The number of hydrogen-bond acceptors (Lipinski definition) is 2. The summed E-state index contributed by atoms with van der Waals surface area (Å²) in [6.45, 7) is 0.761. The SMILES string of the molecule is Cl.O=C(NCCC12CC3CC(CC(C3)C1)C2)c1cc[n+]([O-])cc1. The van der Waals surface area contributed by atoms with Gasteiger partial charge in [-0.15, -0.1) is 12.4 Å². The molecular weight excluding hydrogens is 312 g/mol. The Kier molecular flexibility index (Phi) is 4.54. The van der Waals surface area contributed by atoms with Gasteiger partial charge in [-0.05, 0) is 68.1 Å². The summed E-state index contributed by atoms with van der Waals surface area (Å²) < 4.78 is 0.701. The molecule has 4 nitrogen and oxygen atoms in total. The lowest BCUT2D eigenvalue weighted by Gasteiger charge is -2.57. The van der Waals surface area contributed by atoms with Crippen molar-refractivity contribution < 1.29 is 9.52 Å². The van der Waals surface area contributed by atoms with E-state index >= 15 is 0 Å². The summed E-state index contributed by atoms with van der Waals surface area (Å²) in [4.78, 5) is 12.1. The van der Waals surface area contributed by atoms with Crippen molar-refractivity contribution in [2.45, 2.75) is 44.9 Å². The van der Waals surface area contributed by atoms with E-state index in [-0.39, 0.29) is 18.3 Å². The molecule has 0 unspecified atom stereocenters. The standard InChI is InChI=1S/C18H24N2O2.ClH/c21-17(16-1-5-20(22)6-2-16)19-4-3-18-10-13-7-14(11-18)9-15(8-13)12-18;/h1-2,5-6,13-15H,3-4,7-12H2,(H,19,21);1H. The van der Waals surface area contributed by atoms with Crippen LogP contribution in [-0.2, 0) is 0 Å². The lowest BCUT2D eigenvalue weighted by molar-refractivity contribution is -0.605. The number of amides is 1. The van der Waals surface area contributed by atoms with Crippen LogP contribution in [0.2, 0.25) is 0 Å². The van der Waals surface area contributed by atoms with Crippen molar-refractivity contribution in [3.63, 3.8) is 0 Å². The van der Waals surface area contributed by atoms with Crippen LogP contribution in [0.5, 0.6) is 0 Å². The molecule has 4 saturated carbocycles. The van der Waals surface area contributed by atoms with Gasteiger partial charge < -0.3 is 10.5 Å². The Morgan fingerprint density at radius 3 is 2.17 bits per heavy atom. The van der Waals surface area contributed by atoms with Gasteiger partial charge in [-0.1, -0.05) is 0 Å². The van der Waals surface area contributed by atoms with E-state index in [1.54, 1.807) is 12.1 Å². The second-order valence-corrected chi connectivity index (χ2v) is 7.87. The van der Waals surface area contributed by atoms with Crippen LogP contribution in [0.15, 0.2) is 24.5 Å². The maximum absolute atomic E-state index is 12.1. The fourth-order valence-electron chi connectivity index (χ4n) is 5.70. The number of halogens is 1. The van der Waals surface area contributed by atoms with Gasteiger partial charge in [0.1, 0.15) is 0 Å². The zero-order valence-electron chi connectivity index (χ0n) is 13.4. The van der Waals surface area contributed by atoms with Gasteiger partial charge in [0.25, 0.3) is 5.91 Å². The predicted molar refractivity (Wildman–Crippen MR) is 90.2 cm³/mol. The molecule has 1 aromatic heterocycles. The van der Waals surface area contributed by atoms with Crippen LogP contribution in [0.3, 0.4) is 0 Å². The molecule has 4 aliphatic rings. The highest BCUT2D eigenvalue weighted by Gasteiger charge is 2.50. The Hall–Kier alpha value is -1.29. The fourth-order valence-corrected chi connectivity index (χ4v) is 5.70. The molecule has 23 heavy (non-hydrogen) atoms. The van der Waals surface area contributed by atoms with Crippen molar-refractivity contribution in [1.82, 2.24) is 5.32 Å². The largest absolute Gasteiger partial charge is 0.619 e. The van der Waals surface area contributed by atoms with E-state index in [1.165, 1.54) is 50.9 Å². The van der Waals surface area contributed by atoms with Crippen LogP contribution in [0.25, 0.3) is 0 Å². The summed E-state index contributed by atoms with van der Waals surface area (Å²) in [5.74, 6) is 2.82. The molecule has 0 spiro atoms. The third kappa shape index (κ3) is 3.32. The first-order valence-corrected chi connectivity index (χ1v) is 8.59. The molecule has 4 aliphatic carbocycles. The van der Waals surface area contributed by atoms with Crippen LogP contribution in [0.1, 0.15) is 55.3 Å². The van der Waals surface area contributed by atoms with E-state index in [1.807, 2.05) is 0 Å². The van der Waals surface area contributed by atoms with Crippen molar-refractivity contribution in [3.05, 3.63) is 35.3 Å². The molecule has 126 valence electrons. The minimum Gasteiger partial charge on any atom is -0.619 e. The molecule has 4 fully saturated rings. The van der Waals surface area contributed by atoms with Crippen LogP contribution < -0.4 is 10.0 Å². The molecule has 5 rings (SSSR count). The van der Waals surface area contributed by atoms with Crippen LogP contribution in [-0.4, -0.2) is 12.5 Å². The molecular formula is C18H25ClN2O2. The maximum Gasteiger partial charge on any atom is 0.251 e. The van der Waals surface area contributed by atoms with E-state index in [4.69, 9.17) is 0 Å². The Labute approximate surface area is 143 Å². The lowest BCUT2D eigenvalue weighted by Crippen LogP contribution is -2.47. The number of carbonyl (C=O) groups is 1. The number of nitrogens with one attached hydrogen (secondary N) is 1. The van der Waals surface area contributed by atoms with Gasteiger partial charge in [0, 0.05) is 18.7 Å². The third-order valence-electron chi connectivity index (χ3n) is 6.17. The van der Waals surface area contributed by atoms with Crippen molar-refractivity contribution in [2.75, 3.05) is 6.54 Å². The van der Waals surface area contributed by atoms with Gasteiger partial charge in [-0.25, -0.2) is 0 Å². The van der Waals surface area contributed by atoms with E-state index in [2.05, 4.69) is 5.32 Å². The summed E-state index contributed by atoms with van der Waals surface area (Å²) >= 11 is 0. The molecule has 1 heterocycles. The monoisotopic (exact) mass is 336 g/mol. The average molecular weight is 337 g/mol. The fraction of sp³-hybridized carbons (Fsp3) is 0.667. The van der Waals surface area contributed by atoms with Gasteiger partial charge in [0.05, 0.1) is 5.56 Å². The van der Waals surface area contributed by atoms with E-state index in [9.17, 15) is 10.0 Å². The van der Waals surface area contributed by atoms with Gasteiger partial charge in [0.2, 0.25) is 0 Å². The van der Waals surface area contributed by atoms with Gasteiger partial charge in [-0.3, -0.25) is 4.79 Å². The first kappa shape index (κ1) is 16.6. The molecule has 0 atom stereocenters. The molecule has 1 aromatic rings. The quantitative estimate of drug-likeness (QED) is 0.678. The maximum atomic E-state index is 12.1. The van der Waals surface area contributed by atoms with Gasteiger partial charge in [0.15, 0.2) is 12.4 Å². The molecule has 0 aliphatic heterocycles. The molecule has 5 heteroatoms. The zero-order valence-corrected chi connectivity index (χ0v) is 14.2. The number of nitrogens with zero attached hydrogens (tertiary/aromatic N) is 1. The molecule has 0 radical (unpaired) electrons. The molecule has 4 bridgehead atoms. The van der Waals surface area contributed by atoms with Crippen LogP contribution in [0, 0.1) is 28.4 Å². The Morgan fingerprint density at radius 2 is 1.65 bits per heavy atom. The van der Waals surface area contributed by atoms with E-state index < -0.39 is 0 Å². The van der Waals surface area contributed by atoms with Crippen molar-refractivity contribution >= 4 is 18.3 Å². The first-order chi connectivity index (χ1) is 10.6. The molecule has 0 saturated heterocycles. The number of pyridine rings is 1.